The highest BCUT2D eigenvalue weighted by Crippen LogP contribution is 2.34. The van der Waals surface area contributed by atoms with Gasteiger partial charge >= 0.3 is 5.97 Å². The maximum Gasteiger partial charge on any atom is 0.311 e. The summed E-state index contributed by atoms with van der Waals surface area (Å²) in [5, 5.41) is 19.2. The summed E-state index contributed by atoms with van der Waals surface area (Å²) in [4.78, 5) is 25.4. The lowest BCUT2D eigenvalue weighted by molar-refractivity contribution is -0.153. The zero-order valence-corrected chi connectivity index (χ0v) is 11.3. The molecule has 0 unspecified atom stereocenters. The summed E-state index contributed by atoms with van der Waals surface area (Å²) in [5.74, 6) is -1.17. The molecule has 0 aliphatic carbocycles. The fourth-order valence-corrected chi connectivity index (χ4v) is 2.55. The summed E-state index contributed by atoms with van der Waals surface area (Å²) in [6, 6.07) is 0. The standard InChI is InChI=1S/C12H18N4O4/c1-20-6-4-12(11(18)19)3-2-5-16(8-12)10(17)9-7-13-15-14-9/h7H,2-6,8H2,1H3,(H,18,19)(H,13,14,15)/t12-/m1/s1. The van der Waals surface area contributed by atoms with Crippen LogP contribution in [0.3, 0.4) is 0 Å². The number of aliphatic carboxylic acids is 1. The van der Waals surface area contributed by atoms with Gasteiger partial charge in [-0.25, -0.2) is 0 Å². The minimum Gasteiger partial charge on any atom is -0.481 e. The third kappa shape index (κ3) is 2.79. The van der Waals surface area contributed by atoms with Crippen LogP contribution in [-0.4, -0.2) is 64.1 Å². The van der Waals surface area contributed by atoms with E-state index in [-0.39, 0.29) is 18.1 Å². The molecular formula is C12H18N4O4. The van der Waals surface area contributed by atoms with Crippen LogP contribution in [0.25, 0.3) is 0 Å². The number of carboxylic acid groups (broad SMARTS) is 1. The van der Waals surface area contributed by atoms with Crippen molar-refractivity contribution in [3.63, 3.8) is 0 Å². The highest BCUT2D eigenvalue weighted by Gasteiger charge is 2.43. The molecule has 2 rings (SSSR count). The lowest BCUT2D eigenvalue weighted by Gasteiger charge is -2.39. The van der Waals surface area contributed by atoms with Gasteiger partial charge in [-0.15, -0.1) is 0 Å². The number of amides is 1. The fraction of sp³-hybridized carbons (Fsp3) is 0.667. The van der Waals surface area contributed by atoms with E-state index in [1.54, 1.807) is 0 Å². The molecule has 0 spiro atoms. The second kappa shape index (κ2) is 6.00. The Labute approximate surface area is 116 Å². The summed E-state index contributed by atoms with van der Waals surface area (Å²) in [5.41, 5.74) is -0.730. The first-order valence-electron chi connectivity index (χ1n) is 6.46. The van der Waals surface area contributed by atoms with Crippen molar-refractivity contribution >= 4 is 11.9 Å². The molecule has 0 saturated carbocycles. The van der Waals surface area contributed by atoms with Crippen LogP contribution in [0, 0.1) is 5.41 Å². The summed E-state index contributed by atoms with van der Waals surface area (Å²) in [7, 11) is 1.54. The highest BCUT2D eigenvalue weighted by molar-refractivity contribution is 5.92. The lowest BCUT2D eigenvalue weighted by Crippen LogP contribution is -2.50. The molecule has 1 aromatic heterocycles. The molecule has 0 aromatic carbocycles. The number of rotatable bonds is 5. The SMILES string of the molecule is COCC[C@]1(C(=O)O)CCCN(C(=O)c2cn[nH]n2)C1. The maximum atomic E-state index is 12.2. The van der Waals surface area contributed by atoms with Crippen molar-refractivity contribution in [2.24, 2.45) is 5.41 Å². The zero-order chi connectivity index (χ0) is 14.6. The molecular weight excluding hydrogens is 264 g/mol. The topological polar surface area (TPSA) is 108 Å². The van der Waals surface area contributed by atoms with Crippen molar-refractivity contribution in [2.45, 2.75) is 19.3 Å². The fourth-order valence-electron chi connectivity index (χ4n) is 2.55. The van der Waals surface area contributed by atoms with Gasteiger partial charge in [0.2, 0.25) is 0 Å². The highest BCUT2D eigenvalue weighted by atomic mass is 16.5. The van der Waals surface area contributed by atoms with Crippen LogP contribution in [0.4, 0.5) is 0 Å². The number of carboxylic acids is 1. The molecule has 1 fully saturated rings. The Bertz CT molecular complexity index is 476. The molecule has 1 atom stereocenters. The lowest BCUT2D eigenvalue weighted by atomic mass is 9.77. The van der Waals surface area contributed by atoms with Gasteiger partial charge in [0.25, 0.3) is 5.91 Å². The van der Waals surface area contributed by atoms with Gasteiger partial charge in [-0.3, -0.25) is 9.59 Å². The second-order valence-corrected chi connectivity index (χ2v) is 5.01. The van der Waals surface area contributed by atoms with Gasteiger partial charge in [0.05, 0.1) is 11.6 Å². The minimum atomic E-state index is -0.937. The average molecular weight is 282 g/mol. The van der Waals surface area contributed by atoms with Gasteiger partial charge in [0.15, 0.2) is 5.69 Å². The summed E-state index contributed by atoms with van der Waals surface area (Å²) < 4.78 is 4.99. The monoisotopic (exact) mass is 282 g/mol. The van der Waals surface area contributed by atoms with Crippen molar-refractivity contribution in [3.8, 4) is 0 Å². The molecule has 2 heterocycles. The quantitative estimate of drug-likeness (QED) is 0.795. The van der Waals surface area contributed by atoms with Gasteiger partial charge < -0.3 is 14.7 Å². The van der Waals surface area contributed by atoms with Crippen LogP contribution >= 0.6 is 0 Å². The van der Waals surface area contributed by atoms with E-state index in [2.05, 4.69) is 15.4 Å². The van der Waals surface area contributed by atoms with Crippen LogP contribution in [0.2, 0.25) is 0 Å². The van der Waals surface area contributed by atoms with E-state index < -0.39 is 11.4 Å². The molecule has 2 N–H and O–H groups in total. The van der Waals surface area contributed by atoms with Gasteiger partial charge in [-0.05, 0) is 19.3 Å². The number of aromatic amines is 1. The Morgan fingerprint density at radius 1 is 1.60 bits per heavy atom. The number of hydrogen-bond acceptors (Lipinski definition) is 5. The molecule has 20 heavy (non-hydrogen) atoms. The Kier molecular flexibility index (Phi) is 4.33. The van der Waals surface area contributed by atoms with Gasteiger partial charge in [0.1, 0.15) is 0 Å². The third-order valence-corrected chi connectivity index (χ3v) is 3.74. The number of nitrogens with one attached hydrogen (secondary N) is 1. The number of carbonyl (C=O) groups excluding carboxylic acids is 1. The largest absolute Gasteiger partial charge is 0.481 e. The number of hydrogen-bond donors (Lipinski definition) is 2. The Morgan fingerprint density at radius 2 is 2.40 bits per heavy atom. The first kappa shape index (κ1) is 14.4. The zero-order valence-electron chi connectivity index (χ0n) is 11.3. The van der Waals surface area contributed by atoms with Gasteiger partial charge in [-0.2, -0.15) is 15.4 Å². The minimum absolute atomic E-state index is 0.178. The van der Waals surface area contributed by atoms with E-state index in [4.69, 9.17) is 4.74 Å². The van der Waals surface area contributed by atoms with Crippen molar-refractivity contribution in [1.29, 1.82) is 0 Å². The molecule has 1 aliphatic heterocycles. The van der Waals surface area contributed by atoms with Crippen LogP contribution in [0.15, 0.2) is 6.20 Å². The van der Waals surface area contributed by atoms with Crippen LogP contribution in [0.1, 0.15) is 29.8 Å². The first-order chi connectivity index (χ1) is 9.59. The van der Waals surface area contributed by atoms with E-state index in [1.165, 1.54) is 18.2 Å². The predicted octanol–water partition coefficient (Wildman–Crippen LogP) is 0.148. The Morgan fingerprint density at radius 3 is 3.00 bits per heavy atom. The predicted molar refractivity (Wildman–Crippen MR) is 68.1 cm³/mol. The average Bonchev–Trinajstić information content (AvgIpc) is 2.98. The molecule has 0 radical (unpaired) electrons. The number of likely N-dealkylation sites (tertiary alicyclic amines) is 1. The maximum absolute atomic E-state index is 12.2. The van der Waals surface area contributed by atoms with E-state index in [0.29, 0.717) is 32.4 Å². The second-order valence-electron chi connectivity index (χ2n) is 5.01. The number of aromatic nitrogens is 3. The Hall–Kier alpha value is -1.96. The molecule has 1 amide bonds. The molecule has 1 aromatic rings. The van der Waals surface area contributed by atoms with Gasteiger partial charge in [-0.1, -0.05) is 0 Å². The van der Waals surface area contributed by atoms with E-state index >= 15 is 0 Å². The number of piperidine rings is 1. The van der Waals surface area contributed by atoms with E-state index in [9.17, 15) is 14.7 Å². The van der Waals surface area contributed by atoms with Crippen LogP contribution < -0.4 is 0 Å². The Balaban J connectivity index is 2.13. The number of H-pyrrole nitrogens is 1. The van der Waals surface area contributed by atoms with Gasteiger partial charge in [0, 0.05) is 26.8 Å². The van der Waals surface area contributed by atoms with Crippen LogP contribution in [-0.2, 0) is 9.53 Å². The molecule has 8 heteroatoms. The van der Waals surface area contributed by atoms with E-state index in [1.807, 2.05) is 0 Å². The molecule has 1 aliphatic rings. The summed E-state index contributed by atoms with van der Waals surface area (Å²) in [6.45, 7) is 1.07. The summed E-state index contributed by atoms with van der Waals surface area (Å²) in [6.07, 6.45) is 2.93. The third-order valence-electron chi connectivity index (χ3n) is 3.74. The summed E-state index contributed by atoms with van der Waals surface area (Å²) >= 11 is 0. The molecule has 110 valence electrons. The molecule has 0 bridgehead atoms. The normalized spacial score (nSPS) is 22.8. The molecule has 1 saturated heterocycles. The van der Waals surface area contributed by atoms with Crippen molar-refractivity contribution in [3.05, 3.63) is 11.9 Å². The van der Waals surface area contributed by atoms with Crippen molar-refractivity contribution < 1.29 is 19.4 Å². The van der Waals surface area contributed by atoms with Crippen molar-refractivity contribution in [1.82, 2.24) is 20.3 Å². The molecule has 8 nitrogen and oxygen atoms in total. The number of ether oxygens (including phenoxy) is 1. The first-order valence-corrected chi connectivity index (χ1v) is 6.46. The smallest absolute Gasteiger partial charge is 0.311 e. The van der Waals surface area contributed by atoms with E-state index in [0.717, 1.165) is 0 Å². The number of methoxy groups -OCH3 is 1. The van der Waals surface area contributed by atoms with Crippen LogP contribution in [0.5, 0.6) is 0 Å². The number of carbonyl (C=O) groups is 2. The van der Waals surface area contributed by atoms with Crippen molar-refractivity contribution in [2.75, 3.05) is 26.8 Å². The number of nitrogens with zero attached hydrogens (tertiary/aromatic N) is 3.